The van der Waals surface area contributed by atoms with Gasteiger partial charge in [-0.2, -0.15) is 0 Å². The number of benzene rings is 1. The molecule has 0 spiro atoms. The molecule has 0 aliphatic carbocycles. The van der Waals surface area contributed by atoms with Crippen molar-refractivity contribution >= 4 is 5.91 Å². The van der Waals surface area contributed by atoms with E-state index in [0.29, 0.717) is 11.3 Å². The SMILES string of the molecule is CC(N)(COc1ccccc1CO)C(N)=O. The van der Waals surface area contributed by atoms with Gasteiger partial charge in [-0.3, -0.25) is 4.79 Å². The number of carbonyl (C=O) groups excluding carboxylic acids is 1. The number of hydrogen-bond acceptors (Lipinski definition) is 4. The van der Waals surface area contributed by atoms with Crippen molar-refractivity contribution in [2.45, 2.75) is 19.1 Å². The van der Waals surface area contributed by atoms with Gasteiger partial charge in [0.25, 0.3) is 0 Å². The summed E-state index contributed by atoms with van der Waals surface area (Å²) < 4.78 is 5.37. The molecule has 0 bridgehead atoms. The third-order valence-corrected chi connectivity index (χ3v) is 2.23. The van der Waals surface area contributed by atoms with E-state index in [-0.39, 0.29) is 13.2 Å². The quantitative estimate of drug-likeness (QED) is 0.642. The molecule has 0 aliphatic rings. The predicted octanol–water partition coefficient (Wildman–Crippen LogP) is -0.240. The fourth-order valence-electron chi connectivity index (χ4n) is 1.07. The molecular formula is C11H16N2O3. The van der Waals surface area contributed by atoms with Crippen LogP contribution in [0.5, 0.6) is 5.75 Å². The number of para-hydroxylation sites is 1. The lowest BCUT2D eigenvalue weighted by molar-refractivity contribution is -0.123. The van der Waals surface area contributed by atoms with Crippen molar-refractivity contribution in [1.82, 2.24) is 0 Å². The number of nitrogens with two attached hydrogens (primary N) is 2. The summed E-state index contributed by atoms with van der Waals surface area (Å²) in [6, 6.07) is 6.98. The normalized spacial score (nSPS) is 14.2. The van der Waals surface area contributed by atoms with E-state index in [2.05, 4.69) is 0 Å². The van der Waals surface area contributed by atoms with Crippen LogP contribution in [0.2, 0.25) is 0 Å². The molecule has 1 rings (SSSR count). The van der Waals surface area contributed by atoms with Crippen LogP contribution in [-0.2, 0) is 11.4 Å². The highest BCUT2D eigenvalue weighted by molar-refractivity contribution is 5.84. The molecule has 0 saturated carbocycles. The molecule has 1 aromatic carbocycles. The Bertz CT molecular complexity index is 377. The second kappa shape index (κ2) is 4.96. The number of aliphatic hydroxyl groups is 1. The van der Waals surface area contributed by atoms with Crippen LogP contribution in [0.25, 0.3) is 0 Å². The molecule has 1 atom stereocenters. The first kappa shape index (κ1) is 12.5. The van der Waals surface area contributed by atoms with Crippen molar-refractivity contribution in [3.05, 3.63) is 29.8 Å². The summed E-state index contributed by atoms with van der Waals surface area (Å²) in [5.41, 5.74) is 10.2. The molecule has 5 N–H and O–H groups in total. The van der Waals surface area contributed by atoms with E-state index in [9.17, 15) is 4.79 Å². The molecule has 0 saturated heterocycles. The van der Waals surface area contributed by atoms with Crippen LogP contribution in [0.3, 0.4) is 0 Å². The molecule has 1 amide bonds. The number of rotatable bonds is 5. The number of hydrogen-bond donors (Lipinski definition) is 3. The Balaban J connectivity index is 2.71. The molecule has 0 radical (unpaired) electrons. The molecule has 0 aliphatic heterocycles. The predicted molar refractivity (Wildman–Crippen MR) is 59.6 cm³/mol. The van der Waals surface area contributed by atoms with Crippen molar-refractivity contribution in [2.24, 2.45) is 11.5 Å². The van der Waals surface area contributed by atoms with Crippen LogP contribution in [0.15, 0.2) is 24.3 Å². The standard InChI is InChI=1S/C11H16N2O3/c1-11(13,10(12)15)7-16-9-5-3-2-4-8(9)6-14/h2-5,14H,6-7,13H2,1H3,(H2,12,15). The topological polar surface area (TPSA) is 98.6 Å². The highest BCUT2D eigenvalue weighted by Gasteiger charge is 2.26. The Labute approximate surface area is 94.0 Å². The van der Waals surface area contributed by atoms with E-state index >= 15 is 0 Å². The second-order valence-corrected chi connectivity index (χ2v) is 3.84. The lowest BCUT2D eigenvalue weighted by Gasteiger charge is -2.21. The Morgan fingerprint density at radius 2 is 2.12 bits per heavy atom. The zero-order valence-electron chi connectivity index (χ0n) is 9.14. The Hall–Kier alpha value is -1.59. The van der Waals surface area contributed by atoms with Gasteiger partial charge in [-0.25, -0.2) is 0 Å². The Morgan fingerprint density at radius 3 is 2.69 bits per heavy atom. The van der Waals surface area contributed by atoms with E-state index in [1.54, 1.807) is 24.3 Å². The van der Waals surface area contributed by atoms with Crippen molar-refractivity contribution in [3.63, 3.8) is 0 Å². The minimum absolute atomic E-state index is 0.0284. The van der Waals surface area contributed by atoms with E-state index in [1.807, 2.05) is 0 Å². The molecule has 0 fully saturated rings. The molecule has 16 heavy (non-hydrogen) atoms. The van der Waals surface area contributed by atoms with Gasteiger partial charge in [0.1, 0.15) is 17.9 Å². The highest BCUT2D eigenvalue weighted by atomic mass is 16.5. The van der Waals surface area contributed by atoms with Crippen LogP contribution < -0.4 is 16.2 Å². The molecular weight excluding hydrogens is 208 g/mol. The zero-order valence-corrected chi connectivity index (χ0v) is 9.14. The summed E-state index contributed by atoms with van der Waals surface area (Å²) in [5.74, 6) is -0.128. The van der Waals surface area contributed by atoms with Crippen molar-refractivity contribution < 1.29 is 14.6 Å². The lowest BCUT2D eigenvalue weighted by atomic mass is 10.1. The third-order valence-electron chi connectivity index (χ3n) is 2.23. The minimum atomic E-state index is -1.22. The summed E-state index contributed by atoms with van der Waals surface area (Å²) in [7, 11) is 0. The molecule has 5 nitrogen and oxygen atoms in total. The summed E-state index contributed by atoms with van der Waals surface area (Å²) in [5, 5.41) is 9.05. The number of ether oxygens (including phenoxy) is 1. The number of primary amides is 1. The maximum absolute atomic E-state index is 11.0. The molecule has 5 heteroatoms. The highest BCUT2D eigenvalue weighted by Crippen LogP contribution is 2.18. The van der Waals surface area contributed by atoms with Crippen LogP contribution in [0, 0.1) is 0 Å². The van der Waals surface area contributed by atoms with Crippen molar-refractivity contribution in [1.29, 1.82) is 0 Å². The van der Waals surface area contributed by atoms with Gasteiger partial charge < -0.3 is 21.3 Å². The number of amides is 1. The van der Waals surface area contributed by atoms with Crippen LogP contribution in [0.1, 0.15) is 12.5 Å². The van der Waals surface area contributed by atoms with Gasteiger partial charge in [0.2, 0.25) is 5.91 Å². The fraction of sp³-hybridized carbons (Fsp3) is 0.364. The average molecular weight is 224 g/mol. The molecule has 88 valence electrons. The summed E-state index contributed by atoms with van der Waals surface area (Å²) in [6.07, 6.45) is 0. The van der Waals surface area contributed by atoms with Crippen LogP contribution >= 0.6 is 0 Å². The van der Waals surface area contributed by atoms with E-state index < -0.39 is 11.4 Å². The molecule has 0 aromatic heterocycles. The van der Waals surface area contributed by atoms with E-state index in [1.165, 1.54) is 6.92 Å². The van der Waals surface area contributed by atoms with Gasteiger partial charge in [0.05, 0.1) is 6.61 Å². The maximum atomic E-state index is 11.0. The average Bonchev–Trinajstić information content (AvgIpc) is 2.26. The first-order valence-corrected chi connectivity index (χ1v) is 4.87. The van der Waals surface area contributed by atoms with Gasteiger partial charge in [0, 0.05) is 5.56 Å². The largest absolute Gasteiger partial charge is 0.491 e. The smallest absolute Gasteiger partial charge is 0.240 e. The summed E-state index contributed by atoms with van der Waals surface area (Å²) in [6.45, 7) is 1.34. The maximum Gasteiger partial charge on any atom is 0.240 e. The first-order valence-electron chi connectivity index (χ1n) is 4.87. The van der Waals surface area contributed by atoms with Crippen LogP contribution in [0.4, 0.5) is 0 Å². The van der Waals surface area contributed by atoms with Gasteiger partial charge in [0.15, 0.2) is 0 Å². The van der Waals surface area contributed by atoms with E-state index in [4.69, 9.17) is 21.3 Å². The second-order valence-electron chi connectivity index (χ2n) is 3.84. The fourth-order valence-corrected chi connectivity index (χ4v) is 1.07. The number of aliphatic hydroxyl groups excluding tert-OH is 1. The number of carbonyl (C=O) groups is 1. The Morgan fingerprint density at radius 1 is 1.50 bits per heavy atom. The molecule has 1 unspecified atom stereocenters. The van der Waals surface area contributed by atoms with Gasteiger partial charge in [-0.1, -0.05) is 18.2 Å². The monoisotopic (exact) mass is 224 g/mol. The third kappa shape index (κ3) is 2.95. The van der Waals surface area contributed by atoms with Gasteiger partial charge in [-0.15, -0.1) is 0 Å². The Kier molecular flexibility index (Phi) is 3.87. The first-order chi connectivity index (χ1) is 7.47. The van der Waals surface area contributed by atoms with Gasteiger partial charge >= 0.3 is 0 Å². The van der Waals surface area contributed by atoms with Crippen molar-refractivity contribution in [3.8, 4) is 5.75 Å². The van der Waals surface area contributed by atoms with Crippen LogP contribution in [-0.4, -0.2) is 23.2 Å². The van der Waals surface area contributed by atoms with Gasteiger partial charge in [-0.05, 0) is 13.0 Å². The lowest BCUT2D eigenvalue weighted by Crippen LogP contribution is -2.53. The zero-order chi connectivity index (χ0) is 12.2. The van der Waals surface area contributed by atoms with E-state index in [0.717, 1.165) is 0 Å². The summed E-state index contributed by atoms with van der Waals surface area (Å²) in [4.78, 5) is 11.0. The summed E-state index contributed by atoms with van der Waals surface area (Å²) >= 11 is 0. The molecule has 0 heterocycles. The van der Waals surface area contributed by atoms with Crippen molar-refractivity contribution in [2.75, 3.05) is 6.61 Å². The molecule has 1 aromatic rings. The minimum Gasteiger partial charge on any atom is -0.491 e.